The van der Waals surface area contributed by atoms with Crippen molar-refractivity contribution >= 4 is 23.2 Å². The number of imidazole rings is 1. The van der Waals surface area contributed by atoms with E-state index in [4.69, 9.17) is 27.9 Å². The lowest BCUT2D eigenvalue weighted by molar-refractivity contribution is -0.687. The molecule has 6 heteroatoms. The topological polar surface area (TPSA) is 38.3 Å². The van der Waals surface area contributed by atoms with Crippen molar-refractivity contribution < 1.29 is 14.4 Å². The molecule has 0 bridgehead atoms. The first-order valence-corrected chi connectivity index (χ1v) is 8.70. The van der Waals surface area contributed by atoms with Crippen molar-refractivity contribution in [3.8, 4) is 5.75 Å². The Morgan fingerprint density at radius 3 is 2.60 bits per heavy atom. The molecule has 0 aliphatic heterocycles. The molecule has 1 heterocycles. The van der Waals surface area contributed by atoms with Gasteiger partial charge >= 0.3 is 0 Å². The average Bonchev–Trinajstić information content (AvgIpc) is 3.03. The Morgan fingerprint density at radius 1 is 1.08 bits per heavy atom. The van der Waals surface area contributed by atoms with E-state index in [1.807, 2.05) is 52.1 Å². The van der Waals surface area contributed by atoms with E-state index in [1.54, 1.807) is 24.3 Å². The lowest BCUT2D eigenvalue weighted by Gasteiger charge is -2.10. The third kappa shape index (κ3) is 5.23. The number of benzene rings is 2. The van der Waals surface area contributed by atoms with Crippen LogP contribution in [0.1, 0.15) is 5.56 Å². The number of rotatable bonds is 7. The van der Waals surface area contributed by atoms with Gasteiger partial charge in [0.25, 0.3) is 0 Å². The fourth-order valence-electron chi connectivity index (χ4n) is 2.48. The molecule has 1 unspecified atom stereocenters. The van der Waals surface area contributed by atoms with Crippen LogP contribution in [0.3, 0.4) is 0 Å². The van der Waals surface area contributed by atoms with Crippen LogP contribution < -0.4 is 9.30 Å². The number of halogens is 2. The second-order valence-corrected chi connectivity index (χ2v) is 6.64. The van der Waals surface area contributed by atoms with Crippen LogP contribution in [-0.2, 0) is 13.1 Å². The summed E-state index contributed by atoms with van der Waals surface area (Å²) >= 11 is 12.0. The molecule has 1 aromatic heterocycles. The lowest BCUT2D eigenvalue weighted by Crippen LogP contribution is -2.32. The summed E-state index contributed by atoms with van der Waals surface area (Å²) in [6.45, 7) is 1.34. The number of hydrogen-bond acceptors (Lipinski definition) is 2. The standard InChI is InChI=1S/C19H19Cl2N2O2/c20-16-5-7-18(8-6-16)25-13-17(24)12-23-10-9-22(14-23)11-15-3-1-2-4-19(15)21/h1-10,14,17,24H,11-13H2/q+1. The summed E-state index contributed by atoms with van der Waals surface area (Å²) in [7, 11) is 0. The van der Waals surface area contributed by atoms with E-state index in [9.17, 15) is 5.11 Å². The molecule has 0 fully saturated rings. The van der Waals surface area contributed by atoms with Crippen LogP contribution in [-0.4, -0.2) is 22.4 Å². The molecule has 0 amide bonds. The van der Waals surface area contributed by atoms with E-state index < -0.39 is 6.10 Å². The van der Waals surface area contributed by atoms with Gasteiger partial charge in [0.15, 0.2) is 0 Å². The van der Waals surface area contributed by atoms with Gasteiger partial charge in [-0.05, 0) is 30.3 Å². The van der Waals surface area contributed by atoms with Gasteiger partial charge in [0.05, 0.1) is 0 Å². The highest BCUT2D eigenvalue weighted by molar-refractivity contribution is 6.31. The summed E-state index contributed by atoms with van der Waals surface area (Å²) in [5.41, 5.74) is 1.05. The minimum Gasteiger partial charge on any atom is -0.491 e. The summed E-state index contributed by atoms with van der Waals surface area (Å²) in [6.07, 6.45) is 5.20. The molecule has 25 heavy (non-hydrogen) atoms. The van der Waals surface area contributed by atoms with E-state index in [0.717, 1.165) is 10.6 Å². The van der Waals surface area contributed by atoms with Crippen molar-refractivity contribution in [3.05, 3.63) is 82.9 Å². The Kier molecular flexibility index (Phi) is 5.97. The van der Waals surface area contributed by atoms with Crippen LogP contribution >= 0.6 is 23.2 Å². The van der Waals surface area contributed by atoms with E-state index in [-0.39, 0.29) is 6.61 Å². The second kappa shape index (κ2) is 8.39. The molecular formula is C19H19Cl2N2O2+. The molecule has 3 aromatic rings. The summed E-state index contributed by atoms with van der Waals surface area (Å²) < 4.78 is 9.51. The fourth-order valence-corrected chi connectivity index (χ4v) is 2.80. The molecular weight excluding hydrogens is 359 g/mol. The van der Waals surface area contributed by atoms with Crippen LogP contribution in [0, 0.1) is 0 Å². The van der Waals surface area contributed by atoms with Crippen molar-refractivity contribution in [2.75, 3.05) is 6.61 Å². The molecule has 1 N–H and O–H groups in total. The molecule has 130 valence electrons. The first kappa shape index (κ1) is 17.8. The van der Waals surface area contributed by atoms with Crippen molar-refractivity contribution in [3.63, 3.8) is 0 Å². The summed E-state index contributed by atoms with van der Waals surface area (Å²) in [6, 6.07) is 14.8. The molecule has 3 rings (SSSR count). The lowest BCUT2D eigenvalue weighted by atomic mass is 10.2. The molecule has 4 nitrogen and oxygen atoms in total. The zero-order chi connectivity index (χ0) is 17.6. The monoisotopic (exact) mass is 377 g/mol. The van der Waals surface area contributed by atoms with Crippen LogP contribution in [0.5, 0.6) is 5.75 Å². The van der Waals surface area contributed by atoms with Crippen molar-refractivity contribution in [2.45, 2.75) is 19.2 Å². The Bertz CT molecular complexity index is 818. The van der Waals surface area contributed by atoms with E-state index in [1.165, 1.54) is 0 Å². The zero-order valence-electron chi connectivity index (χ0n) is 13.6. The van der Waals surface area contributed by atoms with Crippen LogP contribution in [0.25, 0.3) is 0 Å². The summed E-state index contributed by atoms with van der Waals surface area (Å²) in [4.78, 5) is 0. The summed E-state index contributed by atoms with van der Waals surface area (Å²) in [5, 5.41) is 11.6. The highest BCUT2D eigenvalue weighted by Gasteiger charge is 2.12. The number of nitrogens with zero attached hydrogens (tertiary/aromatic N) is 2. The normalized spacial score (nSPS) is 12.1. The van der Waals surface area contributed by atoms with E-state index >= 15 is 0 Å². The van der Waals surface area contributed by atoms with E-state index in [0.29, 0.717) is 23.9 Å². The summed E-state index contributed by atoms with van der Waals surface area (Å²) in [5.74, 6) is 0.685. The van der Waals surface area contributed by atoms with Gasteiger partial charge in [-0.15, -0.1) is 0 Å². The highest BCUT2D eigenvalue weighted by atomic mass is 35.5. The zero-order valence-corrected chi connectivity index (χ0v) is 15.1. The minimum atomic E-state index is -0.614. The molecule has 2 aromatic carbocycles. The largest absolute Gasteiger partial charge is 0.491 e. The second-order valence-electron chi connectivity index (χ2n) is 5.79. The smallest absolute Gasteiger partial charge is 0.244 e. The van der Waals surface area contributed by atoms with Gasteiger partial charge in [-0.25, -0.2) is 9.13 Å². The van der Waals surface area contributed by atoms with Crippen molar-refractivity contribution in [1.29, 1.82) is 0 Å². The Balaban J connectivity index is 1.52. The van der Waals surface area contributed by atoms with E-state index in [2.05, 4.69) is 0 Å². The molecule has 0 spiro atoms. The Labute approximate surface area is 156 Å². The molecule has 0 aliphatic carbocycles. The first-order valence-electron chi connectivity index (χ1n) is 7.95. The number of aliphatic hydroxyl groups is 1. The van der Waals surface area contributed by atoms with Gasteiger partial charge in [0.2, 0.25) is 6.33 Å². The molecule has 0 saturated carbocycles. The predicted octanol–water partition coefficient (Wildman–Crippen LogP) is 3.57. The van der Waals surface area contributed by atoms with Gasteiger partial charge in [0, 0.05) is 15.6 Å². The van der Waals surface area contributed by atoms with Gasteiger partial charge in [-0.1, -0.05) is 41.4 Å². The fraction of sp³-hybridized carbons (Fsp3) is 0.211. The third-order valence-electron chi connectivity index (χ3n) is 3.73. The maximum absolute atomic E-state index is 10.2. The van der Waals surface area contributed by atoms with Crippen LogP contribution in [0.4, 0.5) is 0 Å². The highest BCUT2D eigenvalue weighted by Crippen LogP contribution is 2.16. The quantitative estimate of drug-likeness (QED) is 0.639. The Morgan fingerprint density at radius 2 is 1.84 bits per heavy atom. The number of aromatic nitrogens is 2. The molecule has 0 saturated heterocycles. The number of hydrogen-bond donors (Lipinski definition) is 1. The van der Waals surface area contributed by atoms with Gasteiger partial charge in [-0.2, -0.15) is 0 Å². The number of ether oxygens (including phenoxy) is 1. The minimum absolute atomic E-state index is 0.213. The average molecular weight is 378 g/mol. The van der Waals surface area contributed by atoms with Gasteiger partial charge in [0.1, 0.15) is 43.9 Å². The van der Waals surface area contributed by atoms with Crippen LogP contribution in [0.15, 0.2) is 67.3 Å². The maximum Gasteiger partial charge on any atom is 0.244 e. The van der Waals surface area contributed by atoms with Crippen molar-refractivity contribution in [2.24, 2.45) is 0 Å². The molecule has 0 aliphatic rings. The molecule has 1 atom stereocenters. The van der Waals surface area contributed by atoms with Crippen molar-refractivity contribution in [1.82, 2.24) is 4.57 Å². The van der Waals surface area contributed by atoms with Gasteiger partial charge in [-0.3, -0.25) is 0 Å². The Hall–Kier alpha value is -2.01. The SMILES string of the molecule is OC(COc1ccc(Cl)cc1)Cn1cc[n+](Cc2ccccc2Cl)c1. The van der Waals surface area contributed by atoms with Crippen LogP contribution in [0.2, 0.25) is 10.0 Å². The van der Waals surface area contributed by atoms with Gasteiger partial charge < -0.3 is 9.84 Å². The molecule has 0 radical (unpaired) electrons. The number of aliphatic hydroxyl groups excluding tert-OH is 1. The predicted molar refractivity (Wildman–Crippen MR) is 98.1 cm³/mol. The maximum atomic E-state index is 10.2. The third-order valence-corrected chi connectivity index (χ3v) is 4.36. The first-order chi connectivity index (χ1) is 12.1.